The number of piperidine rings is 1. The second kappa shape index (κ2) is 8.76. The molecule has 1 aromatic rings. The van der Waals surface area contributed by atoms with Crippen molar-refractivity contribution in [3.63, 3.8) is 0 Å². The van der Waals surface area contributed by atoms with E-state index < -0.39 is 0 Å². The van der Waals surface area contributed by atoms with Crippen molar-refractivity contribution in [3.05, 3.63) is 30.1 Å². The van der Waals surface area contributed by atoms with Crippen LogP contribution in [-0.4, -0.2) is 66.0 Å². The second-order valence-electron chi connectivity index (χ2n) is 8.16. The summed E-state index contributed by atoms with van der Waals surface area (Å²) in [6.07, 6.45) is 8.60. The normalized spacial score (nSPS) is 30.9. The predicted octanol–water partition coefficient (Wildman–Crippen LogP) is 2.07. The molecule has 3 atom stereocenters. The maximum atomic E-state index is 12.6. The van der Waals surface area contributed by atoms with Crippen LogP contribution in [0.4, 0.5) is 4.79 Å². The molecule has 1 saturated carbocycles. The molecule has 7 nitrogen and oxygen atoms in total. The van der Waals surface area contributed by atoms with E-state index in [1.165, 1.54) is 5.56 Å². The maximum Gasteiger partial charge on any atom is 0.315 e. The van der Waals surface area contributed by atoms with E-state index in [9.17, 15) is 4.79 Å². The van der Waals surface area contributed by atoms with Crippen LogP contribution < -0.4 is 10.6 Å². The Kier molecular flexibility index (Phi) is 6.13. The summed E-state index contributed by atoms with van der Waals surface area (Å²) < 4.78 is 11.9. The van der Waals surface area contributed by atoms with Crippen LogP contribution in [0.3, 0.4) is 0 Å². The highest BCUT2D eigenvalue weighted by Gasteiger charge is 2.59. The summed E-state index contributed by atoms with van der Waals surface area (Å²) in [5, 5.41) is 6.33. The topological polar surface area (TPSA) is 75.7 Å². The summed E-state index contributed by atoms with van der Waals surface area (Å²) >= 11 is 0. The van der Waals surface area contributed by atoms with Crippen LogP contribution in [0.15, 0.2) is 24.5 Å². The fourth-order valence-electron chi connectivity index (χ4n) is 4.85. The molecule has 2 amide bonds. The first-order valence-electron chi connectivity index (χ1n) is 10.6. The minimum absolute atomic E-state index is 0.0540. The Morgan fingerprint density at radius 2 is 2.11 bits per heavy atom. The minimum atomic E-state index is -0.304. The molecule has 2 N–H and O–H groups in total. The smallest absolute Gasteiger partial charge is 0.315 e. The van der Waals surface area contributed by atoms with Crippen LogP contribution >= 0.6 is 0 Å². The first-order valence-corrected chi connectivity index (χ1v) is 10.6. The fourth-order valence-corrected chi connectivity index (χ4v) is 4.85. The van der Waals surface area contributed by atoms with Gasteiger partial charge in [-0.05, 0) is 56.7 Å². The van der Waals surface area contributed by atoms with Gasteiger partial charge in [-0.3, -0.25) is 9.88 Å². The van der Waals surface area contributed by atoms with Crippen LogP contribution in [0, 0.1) is 0 Å². The summed E-state index contributed by atoms with van der Waals surface area (Å²) in [7, 11) is 0. The lowest BCUT2D eigenvalue weighted by atomic mass is 9.70. The third-order valence-corrected chi connectivity index (χ3v) is 6.42. The molecule has 0 aromatic carbocycles. The zero-order valence-electron chi connectivity index (χ0n) is 16.7. The Hall–Kier alpha value is -1.70. The van der Waals surface area contributed by atoms with Gasteiger partial charge < -0.3 is 20.1 Å². The second-order valence-corrected chi connectivity index (χ2v) is 8.16. The molecular weight excluding hydrogens is 356 g/mol. The quantitative estimate of drug-likeness (QED) is 0.780. The number of hydrogen-bond donors (Lipinski definition) is 2. The highest BCUT2D eigenvalue weighted by Crippen LogP contribution is 2.45. The minimum Gasteiger partial charge on any atom is -0.375 e. The Bertz CT molecular complexity index is 642. The van der Waals surface area contributed by atoms with Gasteiger partial charge in [0.1, 0.15) is 5.60 Å². The van der Waals surface area contributed by atoms with Gasteiger partial charge in [0.25, 0.3) is 0 Å². The highest BCUT2D eigenvalue weighted by molar-refractivity contribution is 5.75. The monoisotopic (exact) mass is 388 g/mol. The average Bonchev–Trinajstić information content (AvgIpc) is 3.23. The van der Waals surface area contributed by atoms with Crippen molar-refractivity contribution in [2.45, 2.75) is 69.4 Å². The number of pyridine rings is 1. The molecule has 7 heteroatoms. The zero-order valence-corrected chi connectivity index (χ0v) is 16.7. The van der Waals surface area contributed by atoms with Gasteiger partial charge in [-0.25, -0.2) is 4.79 Å². The van der Waals surface area contributed by atoms with Crippen LogP contribution in [-0.2, 0) is 16.0 Å². The Morgan fingerprint density at radius 3 is 2.79 bits per heavy atom. The molecule has 2 aliphatic heterocycles. The number of rotatable bonds is 6. The summed E-state index contributed by atoms with van der Waals surface area (Å²) in [5.41, 5.74) is 0.983. The maximum absolute atomic E-state index is 12.6. The van der Waals surface area contributed by atoms with Gasteiger partial charge in [-0.1, -0.05) is 0 Å². The van der Waals surface area contributed by atoms with Crippen molar-refractivity contribution < 1.29 is 14.3 Å². The van der Waals surface area contributed by atoms with E-state index in [4.69, 9.17) is 9.47 Å². The third kappa shape index (κ3) is 4.16. The van der Waals surface area contributed by atoms with E-state index in [0.29, 0.717) is 6.61 Å². The van der Waals surface area contributed by atoms with E-state index in [1.54, 1.807) is 0 Å². The van der Waals surface area contributed by atoms with Crippen molar-refractivity contribution in [1.29, 1.82) is 0 Å². The van der Waals surface area contributed by atoms with Crippen LogP contribution in [0.1, 0.15) is 44.6 Å². The molecule has 2 saturated heterocycles. The molecule has 28 heavy (non-hydrogen) atoms. The van der Waals surface area contributed by atoms with E-state index >= 15 is 0 Å². The third-order valence-electron chi connectivity index (χ3n) is 6.42. The van der Waals surface area contributed by atoms with Crippen molar-refractivity contribution >= 4 is 6.03 Å². The summed E-state index contributed by atoms with van der Waals surface area (Å²) in [5.74, 6) is 0. The Labute approximate surface area is 167 Å². The van der Waals surface area contributed by atoms with E-state index in [0.717, 1.165) is 58.3 Å². The van der Waals surface area contributed by atoms with Gasteiger partial charge in [0, 0.05) is 51.3 Å². The molecule has 3 heterocycles. The molecule has 4 rings (SSSR count). The van der Waals surface area contributed by atoms with Crippen LogP contribution in [0.5, 0.6) is 0 Å². The summed E-state index contributed by atoms with van der Waals surface area (Å²) in [6.45, 7) is 6.40. The van der Waals surface area contributed by atoms with Crippen LogP contribution in [0.2, 0.25) is 0 Å². The lowest BCUT2D eigenvalue weighted by molar-refractivity contribution is -0.194. The first-order chi connectivity index (χ1) is 13.7. The van der Waals surface area contributed by atoms with Gasteiger partial charge in [-0.15, -0.1) is 0 Å². The number of nitrogens with one attached hydrogen (secondary N) is 2. The molecular formula is C21H32N4O3. The molecule has 3 fully saturated rings. The lowest BCUT2D eigenvalue weighted by Gasteiger charge is -2.52. The van der Waals surface area contributed by atoms with Crippen molar-refractivity contribution in [2.24, 2.45) is 0 Å². The van der Waals surface area contributed by atoms with Crippen molar-refractivity contribution in [3.8, 4) is 0 Å². The van der Waals surface area contributed by atoms with Gasteiger partial charge in [-0.2, -0.15) is 0 Å². The Balaban J connectivity index is 1.21. The fraction of sp³-hybridized carbons (Fsp3) is 0.714. The number of carbonyl (C=O) groups excluding carboxylic acids is 1. The molecule has 0 bridgehead atoms. The van der Waals surface area contributed by atoms with Gasteiger partial charge in [0.2, 0.25) is 0 Å². The molecule has 3 aliphatic rings. The number of likely N-dealkylation sites (tertiary alicyclic amines) is 1. The molecule has 154 valence electrons. The number of hydrogen-bond acceptors (Lipinski definition) is 5. The van der Waals surface area contributed by atoms with Gasteiger partial charge >= 0.3 is 6.03 Å². The van der Waals surface area contributed by atoms with Crippen LogP contribution in [0.25, 0.3) is 0 Å². The first kappa shape index (κ1) is 19.6. The number of urea groups is 1. The number of ether oxygens (including phenoxy) is 2. The molecule has 1 aliphatic carbocycles. The predicted molar refractivity (Wildman–Crippen MR) is 106 cm³/mol. The number of aromatic nitrogens is 1. The number of nitrogens with zero attached hydrogens (tertiary/aromatic N) is 2. The zero-order chi connectivity index (χ0) is 19.4. The molecule has 0 radical (unpaired) electrons. The number of amides is 2. The average molecular weight is 389 g/mol. The molecule has 1 aromatic heterocycles. The van der Waals surface area contributed by atoms with E-state index in [2.05, 4.69) is 32.7 Å². The summed E-state index contributed by atoms with van der Waals surface area (Å²) in [4.78, 5) is 19.1. The summed E-state index contributed by atoms with van der Waals surface area (Å²) in [6, 6.07) is 4.34. The molecule has 1 spiro atoms. The van der Waals surface area contributed by atoms with Gasteiger partial charge in [0.05, 0.1) is 12.1 Å². The van der Waals surface area contributed by atoms with Crippen molar-refractivity contribution in [1.82, 2.24) is 20.5 Å². The van der Waals surface area contributed by atoms with E-state index in [-0.39, 0.29) is 29.8 Å². The molecule has 3 unspecified atom stereocenters. The Morgan fingerprint density at radius 1 is 1.32 bits per heavy atom. The number of carbonyl (C=O) groups is 1. The largest absolute Gasteiger partial charge is 0.375 e. The SMILES string of the molecule is CCOC1CC(NC(=O)NC2CCN(Cc3ccncc3)CC2)C12CCCO2. The highest BCUT2D eigenvalue weighted by atomic mass is 16.6. The standard InChI is InChI=1S/C21H32N4O3/c1-2-27-19-14-18(21(19)8-3-13-28-21)24-20(26)23-17-6-11-25(12-7-17)15-16-4-9-22-10-5-16/h4-5,9-10,17-19H,2-3,6-8,11-15H2,1H3,(H2,23,24,26). The van der Waals surface area contributed by atoms with Gasteiger partial charge in [0.15, 0.2) is 0 Å². The lowest BCUT2D eigenvalue weighted by Crippen LogP contribution is -2.70. The van der Waals surface area contributed by atoms with E-state index in [1.807, 2.05) is 19.3 Å². The van der Waals surface area contributed by atoms with Crippen molar-refractivity contribution in [2.75, 3.05) is 26.3 Å².